The molecule has 0 amide bonds. The van der Waals surface area contributed by atoms with Crippen molar-refractivity contribution < 1.29 is 4.74 Å². The van der Waals surface area contributed by atoms with Crippen LogP contribution >= 0.6 is 11.8 Å². The molecule has 0 spiro atoms. The largest absolute Gasteiger partial charge is 0.383 e. The zero-order valence-corrected chi connectivity index (χ0v) is 9.80. The lowest BCUT2D eigenvalue weighted by molar-refractivity contribution is 0.0700. The third-order valence-corrected chi connectivity index (χ3v) is 3.38. The Morgan fingerprint density at radius 3 is 3.00 bits per heavy atom. The van der Waals surface area contributed by atoms with Crippen LogP contribution in [0.1, 0.15) is 37.0 Å². The van der Waals surface area contributed by atoms with E-state index < -0.39 is 0 Å². The van der Waals surface area contributed by atoms with Crippen molar-refractivity contribution in [1.29, 1.82) is 0 Å². The minimum Gasteiger partial charge on any atom is -0.383 e. The first-order valence-corrected chi connectivity index (χ1v) is 6.22. The number of hydrogen-bond acceptors (Lipinski definition) is 5. The number of nitrogen functional groups attached to an aromatic ring is 1. The highest BCUT2D eigenvalue weighted by molar-refractivity contribution is 7.98. The van der Waals surface area contributed by atoms with E-state index in [1.807, 2.05) is 25.6 Å². The molecule has 2 N–H and O–H groups in total. The number of nitrogens with zero attached hydrogens (tertiary/aromatic N) is 2. The van der Waals surface area contributed by atoms with Crippen LogP contribution in [0, 0.1) is 0 Å². The van der Waals surface area contributed by atoms with Crippen LogP contribution in [0.4, 0.5) is 5.82 Å². The Bertz CT molecular complexity index is 370. The lowest BCUT2D eigenvalue weighted by Gasteiger charge is -2.12. The molecule has 2 heterocycles. The standard InChI is InChI=1S/C10H15N3OS/c1-3-14-6(2)10-12-8-5-15-4-7(8)9(11)13-10/h6H,3-5H2,1-2H3,(H2,11,12,13). The number of fused-ring (bicyclic) bond motifs is 1. The predicted molar refractivity (Wildman–Crippen MR) is 61.5 cm³/mol. The molecule has 0 saturated carbocycles. The lowest BCUT2D eigenvalue weighted by atomic mass is 10.2. The van der Waals surface area contributed by atoms with Crippen LogP contribution in [0.2, 0.25) is 0 Å². The SMILES string of the molecule is CCOC(C)c1nc(N)c2c(n1)CSC2. The minimum absolute atomic E-state index is 0.0757. The molecule has 1 aliphatic heterocycles. The summed E-state index contributed by atoms with van der Waals surface area (Å²) in [7, 11) is 0. The van der Waals surface area contributed by atoms with Crippen LogP contribution < -0.4 is 5.73 Å². The molecule has 0 saturated heterocycles. The van der Waals surface area contributed by atoms with Gasteiger partial charge in [0, 0.05) is 23.7 Å². The number of ether oxygens (including phenoxy) is 1. The van der Waals surface area contributed by atoms with E-state index in [0.717, 1.165) is 22.8 Å². The topological polar surface area (TPSA) is 61.0 Å². The first-order valence-electron chi connectivity index (χ1n) is 5.07. The van der Waals surface area contributed by atoms with Crippen molar-refractivity contribution >= 4 is 17.6 Å². The average molecular weight is 225 g/mol. The smallest absolute Gasteiger partial charge is 0.159 e. The second-order valence-electron chi connectivity index (χ2n) is 3.48. The Morgan fingerprint density at radius 1 is 1.47 bits per heavy atom. The van der Waals surface area contributed by atoms with E-state index in [4.69, 9.17) is 10.5 Å². The van der Waals surface area contributed by atoms with Gasteiger partial charge in [0.1, 0.15) is 11.9 Å². The van der Waals surface area contributed by atoms with E-state index in [2.05, 4.69) is 9.97 Å². The first kappa shape index (κ1) is 10.7. The fourth-order valence-corrected chi connectivity index (χ4v) is 2.66. The van der Waals surface area contributed by atoms with Gasteiger partial charge in [-0.1, -0.05) is 0 Å². The van der Waals surface area contributed by atoms with Gasteiger partial charge in [-0.05, 0) is 13.8 Å². The third kappa shape index (κ3) is 2.08. The van der Waals surface area contributed by atoms with Gasteiger partial charge >= 0.3 is 0 Å². The van der Waals surface area contributed by atoms with Crippen LogP contribution in [0.3, 0.4) is 0 Å². The second kappa shape index (κ2) is 4.37. The summed E-state index contributed by atoms with van der Waals surface area (Å²) in [5.41, 5.74) is 8.07. The summed E-state index contributed by atoms with van der Waals surface area (Å²) in [4.78, 5) is 8.79. The summed E-state index contributed by atoms with van der Waals surface area (Å²) in [6, 6.07) is 0. The van der Waals surface area contributed by atoms with Gasteiger partial charge in [-0.25, -0.2) is 9.97 Å². The molecule has 1 unspecified atom stereocenters. The monoisotopic (exact) mass is 225 g/mol. The highest BCUT2D eigenvalue weighted by Crippen LogP contribution is 2.32. The third-order valence-electron chi connectivity index (χ3n) is 2.41. The molecule has 15 heavy (non-hydrogen) atoms. The molecule has 0 radical (unpaired) electrons. The van der Waals surface area contributed by atoms with Gasteiger partial charge in [-0.3, -0.25) is 0 Å². The number of thioether (sulfide) groups is 1. The number of nitrogens with two attached hydrogens (primary N) is 1. The molecule has 82 valence electrons. The predicted octanol–water partition coefficient (Wildman–Crippen LogP) is 1.90. The van der Waals surface area contributed by atoms with E-state index in [9.17, 15) is 0 Å². The van der Waals surface area contributed by atoms with E-state index in [0.29, 0.717) is 18.2 Å². The molecule has 0 aromatic carbocycles. The number of anilines is 1. The van der Waals surface area contributed by atoms with Crippen LogP contribution in [0.15, 0.2) is 0 Å². The van der Waals surface area contributed by atoms with Crippen molar-refractivity contribution in [3.05, 3.63) is 17.1 Å². The maximum absolute atomic E-state index is 5.89. The van der Waals surface area contributed by atoms with Gasteiger partial charge in [0.25, 0.3) is 0 Å². The molecule has 0 bridgehead atoms. The molecular weight excluding hydrogens is 210 g/mol. The maximum Gasteiger partial charge on any atom is 0.159 e. The van der Waals surface area contributed by atoms with E-state index in [1.54, 1.807) is 0 Å². The highest BCUT2D eigenvalue weighted by atomic mass is 32.2. The number of aromatic nitrogens is 2. The van der Waals surface area contributed by atoms with Crippen LogP contribution in [-0.2, 0) is 16.2 Å². The first-order chi connectivity index (χ1) is 7.22. The van der Waals surface area contributed by atoms with Crippen molar-refractivity contribution in [2.75, 3.05) is 12.3 Å². The van der Waals surface area contributed by atoms with Gasteiger partial charge in [-0.2, -0.15) is 11.8 Å². The molecule has 4 nitrogen and oxygen atoms in total. The van der Waals surface area contributed by atoms with E-state index >= 15 is 0 Å². The van der Waals surface area contributed by atoms with Crippen molar-refractivity contribution in [1.82, 2.24) is 9.97 Å². The van der Waals surface area contributed by atoms with Gasteiger partial charge < -0.3 is 10.5 Å². The quantitative estimate of drug-likeness (QED) is 0.851. The molecule has 1 atom stereocenters. The zero-order chi connectivity index (χ0) is 10.8. The number of rotatable bonds is 3. The summed E-state index contributed by atoms with van der Waals surface area (Å²) < 4.78 is 5.46. The Labute approximate surface area is 93.6 Å². The molecule has 1 aromatic rings. The Hall–Kier alpha value is -0.810. The summed E-state index contributed by atoms with van der Waals surface area (Å²) >= 11 is 1.83. The van der Waals surface area contributed by atoms with Crippen LogP contribution in [-0.4, -0.2) is 16.6 Å². The van der Waals surface area contributed by atoms with Crippen LogP contribution in [0.5, 0.6) is 0 Å². The summed E-state index contributed by atoms with van der Waals surface area (Å²) in [6.45, 7) is 4.58. The average Bonchev–Trinajstić information content (AvgIpc) is 2.66. The lowest BCUT2D eigenvalue weighted by Crippen LogP contribution is -2.10. The van der Waals surface area contributed by atoms with Crippen LogP contribution in [0.25, 0.3) is 0 Å². The van der Waals surface area contributed by atoms with Crippen molar-refractivity contribution in [3.63, 3.8) is 0 Å². The summed E-state index contributed by atoms with van der Waals surface area (Å²) in [6.07, 6.45) is -0.0757. The van der Waals surface area contributed by atoms with Gasteiger partial charge in [0.15, 0.2) is 5.82 Å². The van der Waals surface area contributed by atoms with E-state index in [-0.39, 0.29) is 6.10 Å². The van der Waals surface area contributed by atoms with Crippen molar-refractivity contribution in [3.8, 4) is 0 Å². The summed E-state index contributed by atoms with van der Waals surface area (Å²) in [5.74, 6) is 3.19. The fraction of sp³-hybridized carbons (Fsp3) is 0.600. The van der Waals surface area contributed by atoms with Gasteiger partial charge in [0.05, 0.1) is 5.69 Å². The van der Waals surface area contributed by atoms with Gasteiger partial charge in [-0.15, -0.1) is 0 Å². The second-order valence-corrected chi connectivity index (χ2v) is 4.47. The van der Waals surface area contributed by atoms with Gasteiger partial charge in [0.2, 0.25) is 0 Å². The molecule has 0 aliphatic carbocycles. The summed E-state index contributed by atoms with van der Waals surface area (Å²) in [5, 5.41) is 0. The van der Waals surface area contributed by atoms with Crippen molar-refractivity contribution in [2.24, 2.45) is 0 Å². The number of hydrogen-bond donors (Lipinski definition) is 1. The molecular formula is C10H15N3OS. The Morgan fingerprint density at radius 2 is 2.27 bits per heavy atom. The maximum atomic E-state index is 5.89. The molecule has 0 fully saturated rings. The normalized spacial score (nSPS) is 16.4. The molecule has 5 heteroatoms. The Balaban J connectivity index is 2.30. The molecule has 2 rings (SSSR count). The molecule has 1 aromatic heterocycles. The zero-order valence-electron chi connectivity index (χ0n) is 8.99. The Kier molecular flexibility index (Phi) is 3.11. The van der Waals surface area contributed by atoms with Crippen molar-refractivity contribution in [2.45, 2.75) is 31.5 Å². The molecule has 1 aliphatic rings. The fourth-order valence-electron chi connectivity index (χ4n) is 1.60. The minimum atomic E-state index is -0.0757. The van der Waals surface area contributed by atoms with E-state index in [1.165, 1.54) is 0 Å². The highest BCUT2D eigenvalue weighted by Gasteiger charge is 2.20.